The summed E-state index contributed by atoms with van der Waals surface area (Å²) in [4.78, 5) is 17.2. The molecule has 35 heavy (non-hydrogen) atoms. The van der Waals surface area contributed by atoms with Crippen molar-refractivity contribution in [3.05, 3.63) is 36.0 Å². The van der Waals surface area contributed by atoms with Crippen LogP contribution in [0, 0.1) is 11.8 Å². The Morgan fingerprint density at radius 1 is 1.29 bits per heavy atom. The highest BCUT2D eigenvalue weighted by Crippen LogP contribution is 2.37. The molecule has 0 aromatic heterocycles. The van der Waals surface area contributed by atoms with Crippen LogP contribution in [-0.4, -0.2) is 58.8 Å². The molecule has 8 atom stereocenters. The largest absolute Gasteiger partial charge is 0.458 e. The Balaban J connectivity index is 2.01. The molecule has 200 valence electrons. The average molecular weight is 494 g/mol. The number of aliphatic hydroxyl groups is 2. The van der Waals surface area contributed by atoms with E-state index in [1.165, 1.54) is 6.92 Å². The van der Waals surface area contributed by atoms with Crippen LogP contribution >= 0.6 is 0 Å². The van der Waals surface area contributed by atoms with Gasteiger partial charge in [-0.1, -0.05) is 57.1 Å². The van der Waals surface area contributed by atoms with Gasteiger partial charge in [-0.15, -0.1) is 0 Å². The van der Waals surface area contributed by atoms with Gasteiger partial charge >= 0.3 is 5.97 Å². The number of ether oxygens (including phenoxy) is 2. The third-order valence-electron chi connectivity index (χ3n) is 7.00. The van der Waals surface area contributed by atoms with Gasteiger partial charge in [0.25, 0.3) is 0 Å². The first kappa shape index (κ1) is 29.7. The second-order valence-corrected chi connectivity index (χ2v) is 10.5. The zero-order chi connectivity index (χ0) is 26.0. The Morgan fingerprint density at radius 2 is 2.03 bits per heavy atom. The van der Waals surface area contributed by atoms with Gasteiger partial charge in [-0.2, -0.15) is 5.48 Å². The Morgan fingerprint density at radius 3 is 2.71 bits per heavy atom. The highest BCUT2D eigenvalue weighted by Gasteiger charge is 2.47. The predicted molar refractivity (Wildman–Crippen MR) is 137 cm³/mol. The number of aliphatic hydroxyl groups excluding tert-OH is 1. The van der Waals surface area contributed by atoms with E-state index in [0.29, 0.717) is 19.4 Å². The third-order valence-corrected chi connectivity index (χ3v) is 7.00. The summed E-state index contributed by atoms with van der Waals surface area (Å²) in [5.74, 6) is -0.0941. The van der Waals surface area contributed by atoms with Crippen LogP contribution in [0.5, 0.6) is 0 Å². The molecule has 0 bridgehead atoms. The smallest absolute Gasteiger partial charge is 0.303 e. The molecule has 0 saturated carbocycles. The number of carbonyl (C=O) groups excluding carboxylic acids is 1. The van der Waals surface area contributed by atoms with Crippen molar-refractivity contribution in [3.63, 3.8) is 0 Å². The fourth-order valence-electron chi connectivity index (χ4n) is 4.64. The molecule has 7 nitrogen and oxygen atoms in total. The molecule has 2 heterocycles. The lowest BCUT2D eigenvalue weighted by molar-refractivity contribution is -0.144. The minimum atomic E-state index is -1.01. The Bertz CT molecular complexity index is 746. The van der Waals surface area contributed by atoms with Crippen LogP contribution < -0.4 is 5.48 Å². The van der Waals surface area contributed by atoms with Crippen molar-refractivity contribution < 1.29 is 29.3 Å². The van der Waals surface area contributed by atoms with Crippen LogP contribution in [0.15, 0.2) is 36.0 Å². The minimum Gasteiger partial charge on any atom is -0.458 e. The number of allylic oxidation sites excluding steroid dienone is 2. The van der Waals surface area contributed by atoms with Gasteiger partial charge in [-0.25, -0.2) is 0 Å². The lowest BCUT2D eigenvalue weighted by Crippen LogP contribution is -2.36. The van der Waals surface area contributed by atoms with Gasteiger partial charge in [0.2, 0.25) is 0 Å². The molecule has 7 heteroatoms. The fourth-order valence-corrected chi connectivity index (χ4v) is 4.64. The van der Waals surface area contributed by atoms with E-state index in [4.69, 9.17) is 14.3 Å². The number of hydroxylamine groups is 1. The van der Waals surface area contributed by atoms with E-state index >= 15 is 0 Å². The Hall–Kier alpha value is -1.51. The van der Waals surface area contributed by atoms with Crippen LogP contribution in [-0.2, 0) is 19.1 Å². The SMILES string of the molecule is CC[C@H](O)[C@@H](C)[C@H]1O[C@@H]1C[C@@](C)(O)C=CC=C(C)[C@H]1NOCCCCCC(OC(C)=O)C=C[C@@H]1C. The molecular formula is C28H47NO6. The average Bonchev–Trinajstić information content (AvgIpc) is 3.54. The first-order valence-electron chi connectivity index (χ1n) is 13.2. The Labute approximate surface area is 211 Å². The summed E-state index contributed by atoms with van der Waals surface area (Å²) >= 11 is 0. The van der Waals surface area contributed by atoms with Gasteiger partial charge in [0.1, 0.15) is 6.10 Å². The zero-order valence-corrected chi connectivity index (χ0v) is 22.4. The lowest BCUT2D eigenvalue weighted by Gasteiger charge is -2.25. The van der Waals surface area contributed by atoms with Gasteiger partial charge in [-0.05, 0) is 51.5 Å². The molecule has 0 aromatic rings. The molecule has 0 aliphatic carbocycles. The van der Waals surface area contributed by atoms with E-state index in [1.54, 1.807) is 13.0 Å². The van der Waals surface area contributed by atoms with Crippen molar-refractivity contribution in [3.8, 4) is 0 Å². The molecule has 1 unspecified atom stereocenters. The second kappa shape index (κ2) is 14.3. The van der Waals surface area contributed by atoms with Gasteiger partial charge in [0.05, 0.1) is 36.6 Å². The molecule has 0 amide bonds. The van der Waals surface area contributed by atoms with Gasteiger partial charge in [-0.3, -0.25) is 4.79 Å². The third kappa shape index (κ3) is 10.6. The molecule has 2 rings (SSSR count). The van der Waals surface area contributed by atoms with Crippen molar-refractivity contribution >= 4 is 5.97 Å². The quantitative estimate of drug-likeness (QED) is 0.189. The second-order valence-electron chi connectivity index (χ2n) is 10.5. The molecular weight excluding hydrogens is 446 g/mol. The van der Waals surface area contributed by atoms with Crippen molar-refractivity contribution in [2.45, 2.75) is 116 Å². The summed E-state index contributed by atoms with van der Waals surface area (Å²) < 4.78 is 11.2. The van der Waals surface area contributed by atoms with E-state index in [2.05, 4.69) is 18.5 Å². The molecule has 1 saturated heterocycles. The standard InChI is InChI=1S/C28H47NO6/c1-7-24(31)21(4)27-25(35-27)18-28(6,32)16-11-12-19(2)26-20(3)14-15-23(34-22(5)30)13-9-8-10-17-33-29-26/h11-12,14-16,20-21,23-27,29,31-32H,7-10,13,17-18H2,1-6H3/t20-,21+,23?,24-,25+,26+,27+,28-/m0/s1. The highest BCUT2D eigenvalue weighted by atomic mass is 16.6. The molecule has 2 aliphatic rings. The topological polar surface area (TPSA) is 101 Å². The van der Waals surface area contributed by atoms with Crippen molar-refractivity contribution in [2.75, 3.05) is 6.61 Å². The van der Waals surface area contributed by atoms with Crippen LogP contribution in [0.25, 0.3) is 0 Å². The summed E-state index contributed by atoms with van der Waals surface area (Å²) in [7, 11) is 0. The first-order valence-corrected chi connectivity index (χ1v) is 13.2. The van der Waals surface area contributed by atoms with E-state index < -0.39 is 5.60 Å². The molecule has 0 spiro atoms. The van der Waals surface area contributed by atoms with Gasteiger partial charge < -0.3 is 24.5 Å². The van der Waals surface area contributed by atoms with Crippen LogP contribution in [0.2, 0.25) is 0 Å². The van der Waals surface area contributed by atoms with E-state index in [9.17, 15) is 15.0 Å². The van der Waals surface area contributed by atoms with Crippen molar-refractivity contribution in [2.24, 2.45) is 11.8 Å². The fraction of sp³-hybridized carbons (Fsp3) is 0.750. The maximum Gasteiger partial charge on any atom is 0.303 e. The van der Waals surface area contributed by atoms with Gasteiger partial charge in [0.15, 0.2) is 0 Å². The zero-order valence-electron chi connectivity index (χ0n) is 22.4. The monoisotopic (exact) mass is 493 g/mol. The number of hydrogen-bond acceptors (Lipinski definition) is 7. The first-order chi connectivity index (χ1) is 16.5. The van der Waals surface area contributed by atoms with Crippen molar-refractivity contribution in [1.29, 1.82) is 0 Å². The number of esters is 1. The molecule has 1 fully saturated rings. The van der Waals surface area contributed by atoms with Crippen LogP contribution in [0.1, 0.15) is 80.1 Å². The Kier molecular flexibility index (Phi) is 12.1. The van der Waals surface area contributed by atoms with E-state index in [-0.39, 0.29) is 48.3 Å². The molecule has 2 aliphatic heterocycles. The van der Waals surface area contributed by atoms with Crippen LogP contribution in [0.3, 0.4) is 0 Å². The highest BCUT2D eigenvalue weighted by molar-refractivity contribution is 5.66. The number of epoxide rings is 1. The number of nitrogens with one attached hydrogen (secondary N) is 1. The summed E-state index contributed by atoms with van der Waals surface area (Å²) in [6.07, 6.45) is 14.1. The number of hydrogen-bond donors (Lipinski definition) is 3. The maximum atomic E-state index is 11.5. The molecule has 0 radical (unpaired) electrons. The van der Waals surface area contributed by atoms with Crippen LogP contribution in [0.4, 0.5) is 0 Å². The van der Waals surface area contributed by atoms with E-state index in [1.807, 2.05) is 39.0 Å². The summed E-state index contributed by atoms with van der Waals surface area (Å²) in [5.41, 5.74) is 3.26. The number of rotatable bonds is 9. The number of carbonyl (C=O) groups is 1. The predicted octanol–water partition coefficient (Wildman–Crippen LogP) is 4.39. The maximum absolute atomic E-state index is 11.5. The van der Waals surface area contributed by atoms with E-state index in [0.717, 1.165) is 31.3 Å². The normalized spacial score (nSPS) is 32.2. The van der Waals surface area contributed by atoms with Crippen molar-refractivity contribution in [1.82, 2.24) is 5.48 Å². The minimum absolute atomic E-state index is 0.00289. The van der Waals surface area contributed by atoms with Gasteiger partial charge in [0, 0.05) is 19.3 Å². The lowest BCUT2D eigenvalue weighted by atomic mass is 9.91. The summed E-state index contributed by atoms with van der Waals surface area (Å²) in [5, 5.41) is 20.9. The summed E-state index contributed by atoms with van der Waals surface area (Å²) in [6, 6.07) is -0.0641. The molecule has 0 aromatic carbocycles. The summed E-state index contributed by atoms with van der Waals surface area (Å²) in [6.45, 7) is 11.9. The molecule has 3 N–H and O–H groups in total.